The molecule has 1 aliphatic rings. The molecule has 0 aliphatic heterocycles. The fourth-order valence-electron chi connectivity index (χ4n) is 3.20. The van der Waals surface area contributed by atoms with Crippen LogP contribution < -0.4 is 4.74 Å². The first kappa shape index (κ1) is 16.6. The van der Waals surface area contributed by atoms with E-state index in [1.165, 1.54) is 5.56 Å². The van der Waals surface area contributed by atoms with E-state index in [1.807, 2.05) is 38.5 Å². The van der Waals surface area contributed by atoms with Gasteiger partial charge in [-0.1, -0.05) is 6.07 Å². The molecule has 0 bridgehead atoms. The Morgan fingerprint density at radius 1 is 1.00 bits per heavy atom. The van der Waals surface area contributed by atoms with E-state index in [-0.39, 0.29) is 0 Å². The summed E-state index contributed by atoms with van der Waals surface area (Å²) in [7, 11) is 0. The molecular formula is C21H22N4O. The van der Waals surface area contributed by atoms with Gasteiger partial charge in [0.25, 0.3) is 0 Å². The lowest BCUT2D eigenvalue weighted by atomic mass is 10.1. The quantitative estimate of drug-likeness (QED) is 0.698. The largest absolute Gasteiger partial charge is 0.477 e. The van der Waals surface area contributed by atoms with Gasteiger partial charge < -0.3 is 4.74 Å². The van der Waals surface area contributed by atoms with Gasteiger partial charge in [0.05, 0.1) is 12.2 Å². The summed E-state index contributed by atoms with van der Waals surface area (Å²) in [4.78, 5) is 17.6. The minimum Gasteiger partial charge on any atom is -0.477 e. The van der Waals surface area contributed by atoms with Crippen molar-refractivity contribution in [3.05, 3.63) is 65.6 Å². The van der Waals surface area contributed by atoms with E-state index < -0.39 is 0 Å². The number of aromatic nitrogens is 4. The van der Waals surface area contributed by atoms with Crippen molar-refractivity contribution in [3.63, 3.8) is 0 Å². The zero-order valence-electron chi connectivity index (χ0n) is 15.3. The molecular weight excluding hydrogens is 324 g/mol. The lowest BCUT2D eigenvalue weighted by Gasteiger charge is -2.12. The fourth-order valence-corrected chi connectivity index (χ4v) is 3.20. The third kappa shape index (κ3) is 3.43. The molecule has 2 atom stereocenters. The van der Waals surface area contributed by atoms with Crippen molar-refractivity contribution < 1.29 is 4.74 Å². The predicted molar refractivity (Wildman–Crippen MR) is 100 cm³/mol. The van der Waals surface area contributed by atoms with E-state index in [0.717, 1.165) is 28.8 Å². The van der Waals surface area contributed by atoms with Crippen molar-refractivity contribution in [2.75, 3.05) is 6.61 Å². The third-order valence-corrected chi connectivity index (χ3v) is 4.86. The number of aryl methyl sites for hydroxylation is 3. The summed E-state index contributed by atoms with van der Waals surface area (Å²) in [6.45, 7) is 6.62. The van der Waals surface area contributed by atoms with Gasteiger partial charge in [-0.3, -0.25) is 9.97 Å². The zero-order chi connectivity index (χ0) is 18.1. The van der Waals surface area contributed by atoms with Gasteiger partial charge in [-0.25, -0.2) is 4.98 Å². The number of nitrogens with zero attached hydrogens (tertiary/aromatic N) is 4. The highest BCUT2D eigenvalue weighted by Crippen LogP contribution is 2.47. The molecule has 0 aromatic carbocycles. The van der Waals surface area contributed by atoms with Crippen molar-refractivity contribution in [3.8, 4) is 17.0 Å². The molecule has 0 spiro atoms. The molecule has 4 rings (SSSR count). The molecule has 0 radical (unpaired) electrons. The molecule has 1 fully saturated rings. The monoisotopic (exact) mass is 346 g/mol. The molecule has 5 nitrogen and oxygen atoms in total. The molecule has 3 aromatic heterocycles. The Kier molecular flexibility index (Phi) is 4.37. The molecule has 0 amide bonds. The number of hydrogen-bond donors (Lipinski definition) is 0. The van der Waals surface area contributed by atoms with Crippen LogP contribution in [0.2, 0.25) is 0 Å². The minimum absolute atomic E-state index is 0.490. The third-order valence-electron chi connectivity index (χ3n) is 4.86. The topological polar surface area (TPSA) is 60.8 Å². The maximum atomic E-state index is 6.13. The molecule has 3 heterocycles. The molecule has 0 saturated heterocycles. The summed E-state index contributed by atoms with van der Waals surface area (Å²) in [6, 6.07) is 6.23. The van der Waals surface area contributed by atoms with Crippen molar-refractivity contribution in [1.29, 1.82) is 0 Å². The highest BCUT2D eigenvalue weighted by atomic mass is 16.5. The first-order chi connectivity index (χ1) is 12.6. The Balaban J connectivity index is 1.50. The lowest BCUT2D eigenvalue weighted by Crippen LogP contribution is -2.06. The van der Waals surface area contributed by atoms with E-state index in [2.05, 4.69) is 39.0 Å². The van der Waals surface area contributed by atoms with E-state index in [9.17, 15) is 0 Å². The smallest absolute Gasteiger partial charge is 0.224 e. The van der Waals surface area contributed by atoms with Gasteiger partial charge in [0.15, 0.2) is 0 Å². The first-order valence-corrected chi connectivity index (χ1v) is 8.92. The van der Waals surface area contributed by atoms with Crippen LogP contribution in [0.4, 0.5) is 0 Å². The van der Waals surface area contributed by atoms with Crippen LogP contribution in [0.5, 0.6) is 5.88 Å². The fraction of sp³-hybridized carbons (Fsp3) is 0.333. The number of ether oxygens (including phenoxy) is 1. The Morgan fingerprint density at radius 3 is 2.65 bits per heavy atom. The van der Waals surface area contributed by atoms with Crippen LogP contribution in [0.25, 0.3) is 11.1 Å². The summed E-state index contributed by atoms with van der Waals surface area (Å²) in [5, 5.41) is 0. The molecule has 5 heteroatoms. The van der Waals surface area contributed by atoms with Crippen molar-refractivity contribution >= 4 is 0 Å². The van der Waals surface area contributed by atoms with E-state index >= 15 is 0 Å². The van der Waals surface area contributed by atoms with Crippen molar-refractivity contribution in [2.45, 2.75) is 33.1 Å². The second-order valence-electron chi connectivity index (χ2n) is 7.00. The van der Waals surface area contributed by atoms with Gasteiger partial charge in [0.1, 0.15) is 5.82 Å². The zero-order valence-corrected chi connectivity index (χ0v) is 15.3. The lowest BCUT2D eigenvalue weighted by molar-refractivity contribution is 0.285. The Morgan fingerprint density at radius 2 is 1.88 bits per heavy atom. The Bertz CT molecular complexity index is 924. The second kappa shape index (κ2) is 6.83. The van der Waals surface area contributed by atoms with E-state index in [1.54, 1.807) is 6.20 Å². The molecule has 1 saturated carbocycles. The maximum Gasteiger partial charge on any atom is 0.224 e. The minimum atomic E-state index is 0.490. The van der Waals surface area contributed by atoms with Gasteiger partial charge in [0.2, 0.25) is 5.88 Å². The van der Waals surface area contributed by atoms with Gasteiger partial charge >= 0.3 is 0 Å². The molecule has 132 valence electrons. The van der Waals surface area contributed by atoms with Crippen molar-refractivity contribution in [1.82, 2.24) is 19.9 Å². The molecule has 0 N–H and O–H groups in total. The van der Waals surface area contributed by atoms with Crippen LogP contribution >= 0.6 is 0 Å². The number of hydrogen-bond acceptors (Lipinski definition) is 5. The molecule has 3 aromatic rings. The average molecular weight is 346 g/mol. The van der Waals surface area contributed by atoms with Crippen LogP contribution in [-0.2, 0) is 0 Å². The Hall–Kier alpha value is -2.82. The average Bonchev–Trinajstić information content (AvgIpc) is 3.41. The molecule has 26 heavy (non-hydrogen) atoms. The van der Waals surface area contributed by atoms with Crippen LogP contribution in [0.15, 0.2) is 43.0 Å². The maximum absolute atomic E-state index is 6.13. The summed E-state index contributed by atoms with van der Waals surface area (Å²) in [6.07, 6.45) is 8.52. The standard InChI is InChI=1S/C21H22N4O/c1-13-4-5-20(24-9-13)18-8-16(18)12-26-21-19(11-23-15(3)25-21)17-6-7-22-10-14(17)2/h4-7,9-11,16,18H,8,12H2,1-3H3/t16-,18+/m1/s1. The molecule has 0 unspecified atom stereocenters. The molecule has 1 aliphatic carbocycles. The van der Waals surface area contributed by atoms with Gasteiger partial charge in [-0.15, -0.1) is 0 Å². The normalized spacial score (nSPS) is 18.6. The van der Waals surface area contributed by atoms with Gasteiger partial charge in [-0.05, 0) is 56.0 Å². The highest BCUT2D eigenvalue weighted by Gasteiger charge is 2.40. The highest BCUT2D eigenvalue weighted by molar-refractivity contribution is 5.70. The SMILES string of the molecule is Cc1ccc([C@H]2C[C@@H]2COc2nc(C)ncc2-c2ccncc2C)nc1. The van der Waals surface area contributed by atoms with Crippen LogP contribution in [0.3, 0.4) is 0 Å². The second-order valence-corrected chi connectivity index (χ2v) is 7.00. The van der Waals surface area contributed by atoms with Gasteiger partial charge in [0, 0.05) is 42.3 Å². The first-order valence-electron chi connectivity index (χ1n) is 8.92. The number of rotatable bonds is 5. The summed E-state index contributed by atoms with van der Waals surface area (Å²) < 4.78 is 6.13. The van der Waals surface area contributed by atoms with Crippen LogP contribution in [-0.4, -0.2) is 26.5 Å². The predicted octanol–water partition coefficient (Wildman–Crippen LogP) is 4.04. The summed E-state index contributed by atoms with van der Waals surface area (Å²) in [5.74, 6) is 2.34. The van der Waals surface area contributed by atoms with Crippen LogP contribution in [0.1, 0.15) is 35.0 Å². The van der Waals surface area contributed by atoms with Crippen molar-refractivity contribution in [2.24, 2.45) is 5.92 Å². The van der Waals surface area contributed by atoms with Gasteiger partial charge in [-0.2, -0.15) is 4.98 Å². The van der Waals surface area contributed by atoms with E-state index in [4.69, 9.17) is 4.74 Å². The Labute approximate surface area is 153 Å². The van der Waals surface area contributed by atoms with Crippen LogP contribution in [0, 0.1) is 26.7 Å². The summed E-state index contributed by atoms with van der Waals surface area (Å²) in [5.41, 5.74) is 5.41. The van der Waals surface area contributed by atoms with E-state index in [0.29, 0.717) is 30.1 Å². The number of pyridine rings is 2. The summed E-state index contributed by atoms with van der Waals surface area (Å²) >= 11 is 0.